The van der Waals surface area contributed by atoms with Gasteiger partial charge in [-0.15, -0.1) is 0 Å². The maximum Gasteiger partial charge on any atom is 0.123 e. The molecule has 0 spiro atoms. The summed E-state index contributed by atoms with van der Waals surface area (Å²) in [6, 6.07) is 6.69. The van der Waals surface area contributed by atoms with Crippen LogP contribution in [-0.4, -0.2) is 6.10 Å². The quantitative estimate of drug-likeness (QED) is 0.736. The average Bonchev–Trinajstić information content (AvgIpc) is 2.53. The lowest BCUT2D eigenvalue weighted by Gasteiger charge is -2.30. The Labute approximate surface area is 105 Å². The molecule has 0 radical (unpaired) electrons. The van der Waals surface area contributed by atoms with E-state index in [4.69, 9.17) is 4.74 Å². The van der Waals surface area contributed by atoms with E-state index in [1.165, 1.54) is 30.4 Å². The van der Waals surface area contributed by atoms with E-state index in [-0.39, 0.29) is 0 Å². The summed E-state index contributed by atoms with van der Waals surface area (Å²) >= 11 is 3.85. The summed E-state index contributed by atoms with van der Waals surface area (Å²) in [4.78, 5) is 0.544. The average molecular weight is 281 g/mol. The second-order valence-electron chi connectivity index (χ2n) is 5.09. The molecule has 1 aliphatic carbocycles. The highest BCUT2D eigenvalue weighted by molar-refractivity contribution is 9.09. The molecule has 2 aliphatic rings. The Balaban J connectivity index is 1.84. The first-order valence-electron chi connectivity index (χ1n) is 6.17. The van der Waals surface area contributed by atoms with Gasteiger partial charge in [-0.3, -0.25) is 0 Å². The van der Waals surface area contributed by atoms with E-state index in [1.54, 1.807) is 0 Å². The molecule has 1 aromatic rings. The lowest BCUT2D eigenvalue weighted by atomic mass is 9.80. The van der Waals surface area contributed by atoms with Gasteiger partial charge >= 0.3 is 0 Å². The summed E-state index contributed by atoms with van der Waals surface area (Å²) in [6.45, 7) is 2.14. The standard InChI is InChI=1S/C14H17BrO/c1-9-7-12-8-11(5-6-13(12)16-9)14(15)10-3-2-4-10/h5-6,8-10,14H,2-4,7H2,1H3. The third kappa shape index (κ3) is 1.77. The van der Waals surface area contributed by atoms with E-state index < -0.39 is 0 Å². The Morgan fingerprint density at radius 1 is 1.38 bits per heavy atom. The van der Waals surface area contributed by atoms with Gasteiger partial charge in [0.2, 0.25) is 0 Å². The molecule has 0 amide bonds. The zero-order chi connectivity index (χ0) is 11.1. The Bertz CT molecular complexity index is 398. The van der Waals surface area contributed by atoms with Crippen molar-refractivity contribution < 1.29 is 4.74 Å². The molecule has 2 heteroatoms. The molecule has 0 saturated heterocycles. The Morgan fingerprint density at radius 2 is 2.19 bits per heavy atom. The summed E-state index contributed by atoms with van der Waals surface area (Å²) in [7, 11) is 0. The van der Waals surface area contributed by atoms with Gasteiger partial charge in [-0.25, -0.2) is 0 Å². The van der Waals surface area contributed by atoms with Crippen molar-refractivity contribution in [3.8, 4) is 5.75 Å². The molecule has 1 nitrogen and oxygen atoms in total. The van der Waals surface area contributed by atoms with Gasteiger partial charge in [0.05, 0.1) is 0 Å². The molecule has 1 heterocycles. The van der Waals surface area contributed by atoms with Crippen LogP contribution in [0.1, 0.15) is 42.1 Å². The minimum absolute atomic E-state index is 0.350. The molecule has 1 aromatic carbocycles. The van der Waals surface area contributed by atoms with Gasteiger partial charge in [-0.05, 0) is 42.9 Å². The molecule has 0 N–H and O–H groups in total. The predicted molar refractivity (Wildman–Crippen MR) is 69.2 cm³/mol. The van der Waals surface area contributed by atoms with Crippen LogP contribution >= 0.6 is 15.9 Å². The molecule has 16 heavy (non-hydrogen) atoms. The predicted octanol–water partition coefficient (Wildman–Crippen LogP) is 4.25. The maximum absolute atomic E-state index is 5.73. The highest BCUT2D eigenvalue weighted by Gasteiger charge is 2.28. The van der Waals surface area contributed by atoms with Gasteiger partial charge in [0.15, 0.2) is 0 Å². The maximum atomic E-state index is 5.73. The molecule has 86 valence electrons. The van der Waals surface area contributed by atoms with E-state index in [1.807, 2.05) is 0 Å². The van der Waals surface area contributed by atoms with E-state index in [2.05, 4.69) is 41.1 Å². The summed E-state index contributed by atoms with van der Waals surface area (Å²) < 4.78 is 5.73. The third-order valence-electron chi connectivity index (χ3n) is 3.80. The molecule has 1 aliphatic heterocycles. The van der Waals surface area contributed by atoms with Crippen LogP contribution in [-0.2, 0) is 6.42 Å². The monoisotopic (exact) mass is 280 g/mol. The Hall–Kier alpha value is -0.500. The fraction of sp³-hybridized carbons (Fsp3) is 0.571. The summed E-state index contributed by atoms with van der Waals surface area (Å²) in [5.74, 6) is 1.93. The highest BCUT2D eigenvalue weighted by Crippen LogP contribution is 2.44. The molecule has 2 unspecified atom stereocenters. The van der Waals surface area contributed by atoms with Crippen LogP contribution in [0.25, 0.3) is 0 Å². The van der Waals surface area contributed by atoms with E-state index >= 15 is 0 Å². The number of fused-ring (bicyclic) bond motifs is 1. The molecular weight excluding hydrogens is 264 g/mol. The smallest absolute Gasteiger partial charge is 0.123 e. The van der Waals surface area contributed by atoms with E-state index in [0.717, 1.165) is 18.1 Å². The molecule has 1 saturated carbocycles. The van der Waals surface area contributed by atoms with Crippen LogP contribution in [0.3, 0.4) is 0 Å². The van der Waals surface area contributed by atoms with Gasteiger partial charge in [-0.2, -0.15) is 0 Å². The fourth-order valence-corrected chi connectivity index (χ4v) is 3.43. The minimum Gasteiger partial charge on any atom is -0.490 e. The van der Waals surface area contributed by atoms with Crippen molar-refractivity contribution in [3.63, 3.8) is 0 Å². The van der Waals surface area contributed by atoms with Crippen molar-refractivity contribution in [1.82, 2.24) is 0 Å². The SMILES string of the molecule is CC1Cc2cc(C(Br)C3CCC3)ccc2O1. The van der Waals surface area contributed by atoms with Crippen LogP contribution in [0, 0.1) is 5.92 Å². The first-order valence-corrected chi connectivity index (χ1v) is 7.09. The van der Waals surface area contributed by atoms with Crippen molar-refractivity contribution in [2.45, 2.75) is 43.5 Å². The molecular formula is C14H17BrO. The van der Waals surface area contributed by atoms with Crippen molar-refractivity contribution in [2.24, 2.45) is 5.92 Å². The number of hydrogen-bond acceptors (Lipinski definition) is 1. The van der Waals surface area contributed by atoms with Gasteiger partial charge < -0.3 is 4.74 Å². The number of halogens is 1. The lowest BCUT2D eigenvalue weighted by molar-refractivity contribution is 0.254. The van der Waals surface area contributed by atoms with Crippen LogP contribution in [0.2, 0.25) is 0 Å². The van der Waals surface area contributed by atoms with Crippen molar-refractivity contribution in [3.05, 3.63) is 29.3 Å². The van der Waals surface area contributed by atoms with Crippen LogP contribution in [0.15, 0.2) is 18.2 Å². The van der Waals surface area contributed by atoms with Gasteiger partial charge in [0, 0.05) is 11.2 Å². The topological polar surface area (TPSA) is 9.23 Å². The number of alkyl halides is 1. The number of benzene rings is 1. The van der Waals surface area contributed by atoms with Crippen molar-refractivity contribution in [1.29, 1.82) is 0 Å². The van der Waals surface area contributed by atoms with Crippen LogP contribution in [0.5, 0.6) is 5.75 Å². The van der Waals surface area contributed by atoms with Crippen LogP contribution < -0.4 is 4.74 Å². The molecule has 0 aromatic heterocycles. The minimum atomic E-state index is 0.350. The van der Waals surface area contributed by atoms with Gasteiger partial charge in [0.25, 0.3) is 0 Å². The first kappa shape index (κ1) is 10.6. The first-order chi connectivity index (χ1) is 7.74. The zero-order valence-electron chi connectivity index (χ0n) is 9.58. The fourth-order valence-electron chi connectivity index (χ4n) is 2.62. The second kappa shape index (κ2) is 4.06. The zero-order valence-corrected chi connectivity index (χ0v) is 11.2. The normalized spacial score (nSPS) is 25.8. The second-order valence-corrected chi connectivity index (χ2v) is 6.08. The summed E-state index contributed by atoms with van der Waals surface area (Å²) in [5.41, 5.74) is 2.81. The van der Waals surface area contributed by atoms with E-state index in [9.17, 15) is 0 Å². The third-order valence-corrected chi connectivity index (χ3v) is 5.08. The van der Waals surface area contributed by atoms with Crippen LogP contribution in [0.4, 0.5) is 0 Å². The summed E-state index contributed by atoms with van der Waals surface area (Å²) in [5, 5.41) is 0. The molecule has 0 bridgehead atoms. The number of hydrogen-bond donors (Lipinski definition) is 0. The Kier molecular flexibility index (Phi) is 2.70. The number of ether oxygens (including phenoxy) is 1. The highest BCUT2D eigenvalue weighted by atomic mass is 79.9. The summed E-state index contributed by atoms with van der Waals surface area (Å²) in [6.07, 6.45) is 5.56. The van der Waals surface area contributed by atoms with Gasteiger partial charge in [-0.1, -0.05) is 34.5 Å². The van der Waals surface area contributed by atoms with E-state index in [0.29, 0.717) is 10.9 Å². The number of rotatable bonds is 2. The Morgan fingerprint density at radius 3 is 2.88 bits per heavy atom. The largest absolute Gasteiger partial charge is 0.490 e. The molecule has 2 atom stereocenters. The van der Waals surface area contributed by atoms with Gasteiger partial charge in [0.1, 0.15) is 11.9 Å². The van der Waals surface area contributed by atoms with Crippen molar-refractivity contribution in [2.75, 3.05) is 0 Å². The molecule has 1 fully saturated rings. The molecule has 3 rings (SSSR count). The van der Waals surface area contributed by atoms with Crippen molar-refractivity contribution >= 4 is 15.9 Å². The lowest BCUT2D eigenvalue weighted by Crippen LogP contribution is -2.16.